The summed E-state index contributed by atoms with van der Waals surface area (Å²) >= 11 is 0. The van der Waals surface area contributed by atoms with Gasteiger partial charge in [-0.1, -0.05) is 19.1 Å². The minimum Gasteiger partial charge on any atom is -0.389 e. The molecule has 1 unspecified atom stereocenters. The molecule has 0 bridgehead atoms. The lowest BCUT2D eigenvalue weighted by molar-refractivity contribution is 0.0695. The third-order valence-electron chi connectivity index (χ3n) is 2.95. The van der Waals surface area contributed by atoms with Gasteiger partial charge in [-0.25, -0.2) is 0 Å². The third-order valence-corrected chi connectivity index (χ3v) is 2.95. The molecule has 0 aliphatic heterocycles. The van der Waals surface area contributed by atoms with Gasteiger partial charge in [0.05, 0.1) is 18.8 Å². The van der Waals surface area contributed by atoms with E-state index in [4.69, 9.17) is 4.74 Å². The first-order chi connectivity index (χ1) is 8.58. The van der Waals surface area contributed by atoms with Crippen LogP contribution in [0.4, 0.5) is 5.69 Å². The first kappa shape index (κ1) is 15.0. The number of nitrogens with zero attached hydrogens (tertiary/aromatic N) is 1. The fraction of sp³-hybridized carbons (Fsp3) is 0.571. The van der Waals surface area contributed by atoms with Crippen LogP contribution in [0.25, 0.3) is 0 Å². The van der Waals surface area contributed by atoms with Crippen molar-refractivity contribution in [3.05, 3.63) is 29.8 Å². The highest BCUT2D eigenvalue weighted by molar-refractivity contribution is 5.47. The Balaban J connectivity index is 2.61. The number of likely N-dealkylation sites (N-methyl/N-ethyl adjacent to an activating group) is 1. The van der Waals surface area contributed by atoms with Crippen LogP contribution < -0.4 is 4.90 Å². The summed E-state index contributed by atoms with van der Waals surface area (Å²) in [6.07, 6.45) is -0.189. The molecular weight excluding hydrogens is 230 g/mol. The number of benzene rings is 1. The zero-order chi connectivity index (χ0) is 13.5. The van der Waals surface area contributed by atoms with Crippen LogP contribution in [-0.2, 0) is 4.74 Å². The van der Waals surface area contributed by atoms with Gasteiger partial charge in [-0.15, -0.1) is 0 Å². The highest BCUT2D eigenvalue weighted by atomic mass is 16.5. The quantitative estimate of drug-likeness (QED) is 0.774. The number of ether oxygens (including phenoxy) is 1. The normalized spacial score (nSPS) is 14.3. The van der Waals surface area contributed by atoms with Crippen molar-refractivity contribution in [1.82, 2.24) is 0 Å². The van der Waals surface area contributed by atoms with E-state index < -0.39 is 12.2 Å². The number of hydrogen-bond donors (Lipinski definition) is 2. The van der Waals surface area contributed by atoms with Gasteiger partial charge in [-0.2, -0.15) is 0 Å². The number of methoxy groups -OCH3 is 1. The lowest BCUT2D eigenvalue weighted by Crippen LogP contribution is -2.31. The Morgan fingerprint density at radius 2 is 1.83 bits per heavy atom. The van der Waals surface area contributed by atoms with E-state index in [1.807, 2.05) is 43.1 Å². The second-order valence-electron chi connectivity index (χ2n) is 4.51. The maximum absolute atomic E-state index is 9.70. The minimum absolute atomic E-state index is 0.330. The second kappa shape index (κ2) is 7.36. The Labute approximate surface area is 109 Å². The minimum atomic E-state index is -0.499. The molecule has 0 aliphatic rings. The van der Waals surface area contributed by atoms with Crippen LogP contribution in [0.15, 0.2) is 24.3 Å². The molecule has 0 fully saturated rings. The smallest absolute Gasteiger partial charge is 0.0947 e. The van der Waals surface area contributed by atoms with E-state index in [9.17, 15) is 10.2 Å². The van der Waals surface area contributed by atoms with Crippen molar-refractivity contribution < 1.29 is 14.9 Å². The summed E-state index contributed by atoms with van der Waals surface area (Å²) in [5.74, 6) is 0. The summed E-state index contributed by atoms with van der Waals surface area (Å²) in [5, 5.41) is 19.4. The molecule has 4 heteroatoms. The summed E-state index contributed by atoms with van der Waals surface area (Å²) < 4.78 is 4.90. The van der Waals surface area contributed by atoms with Crippen molar-refractivity contribution in [3.8, 4) is 0 Å². The van der Waals surface area contributed by atoms with Crippen LogP contribution in [0, 0.1) is 0 Å². The molecule has 1 aromatic carbocycles. The van der Waals surface area contributed by atoms with E-state index in [-0.39, 0.29) is 0 Å². The zero-order valence-corrected chi connectivity index (χ0v) is 11.3. The van der Waals surface area contributed by atoms with Crippen LogP contribution in [0.1, 0.15) is 25.0 Å². The molecule has 1 rings (SSSR count). The molecule has 0 saturated heterocycles. The molecule has 0 spiro atoms. The first-order valence-corrected chi connectivity index (χ1v) is 6.24. The SMILES string of the molecule is CC[C@H](O)c1ccc(N(C)CC(O)COC)cc1. The Hall–Kier alpha value is -1.10. The molecule has 0 amide bonds. The molecule has 0 aliphatic carbocycles. The summed E-state index contributed by atoms with van der Waals surface area (Å²) in [5.41, 5.74) is 1.93. The van der Waals surface area contributed by atoms with E-state index in [0.29, 0.717) is 19.6 Å². The van der Waals surface area contributed by atoms with Gasteiger partial charge in [0.25, 0.3) is 0 Å². The van der Waals surface area contributed by atoms with Crippen LogP contribution >= 0.6 is 0 Å². The van der Waals surface area contributed by atoms with Crippen LogP contribution in [0.5, 0.6) is 0 Å². The van der Waals surface area contributed by atoms with Crippen molar-refractivity contribution in [2.75, 3.05) is 32.2 Å². The predicted molar refractivity (Wildman–Crippen MR) is 72.8 cm³/mol. The van der Waals surface area contributed by atoms with Gasteiger partial charge in [-0.3, -0.25) is 0 Å². The molecule has 18 heavy (non-hydrogen) atoms. The van der Waals surface area contributed by atoms with Gasteiger partial charge < -0.3 is 19.8 Å². The molecule has 4 nitrogen and oxygen atoms in total. The van der Waals surface area contributed by atoms with Crippen molar-refractivity contribution in [1.29, 1.82) is 0 Å². The van der Waals surface area contributed by atoms with Gasteiger partial charge in [0.1, 0.15) is 0 Å². The maximum atomic E-state index is 9.70. The van der Waals surface area contributed by atoms with Crippen LogP contribution in [0.3, 0.4) is 0 Å². The summed E-state index contributed by atoms with van der Waals surface area (Å²) in [7, 11) is 3.49. The molecule has 0 saturated carbocycles. The first-order valence-electron chi connectivity index (χ1n) is 6.24. The van der Waals surface area contributed by atoms with Crippen molar-refractivity contribution in [3.63, 3.8) is 0 Å². The highest BCUT2D eigenvalue weighted by Crippen LogP contribution is 2.20. The van der Waals surface area contributed by atoms with Gasteiger partial charge in [0.15, 0.2) is 0 Å². The maximum Gasteiger partial charge on any atom is 0.0947 e. The van der Waals surface area contributed by atoms with Crippen molar-refractivity contribution >= 4 is 5.69 Å². The topological polar surface area (TPSA) is 52.9 Å². The van der Waals surface area contributed by atoms with E-state index in [2.05, 4.69) is 0 Å². The standard InChI is InChI=1S/C14H23NO3/c1-4-14(17)11-5-7-12(8-6-11)15(2)9-13(16)10-18-3/h5-8,13-14,16-17H,4,9-10H2,1-3H3/t13?,14-/m0/s1. The Bertz CT molecular complexity index is 339. The average molecular weight is 253 g/mol. The van der Waals surface area contributed by atoms with Gasteiger partial charge >= 0.3 is 0 Å². The molecule has 2 N–H and O–H groups in total. The number of aliphatic hydroxyl groups excluding tert-OH is 2. The summed E-state index contributed by atoms with van der Waals surface area (Å²) in [6, 6.07) is 7.74. The molecule has 0 aromatic heterocycles. The van der Waals surface area contributed by atoms with Crippen LogP contribution in [-0.4, -0.2) is 43.6 Å². The van der Waals surface area contributed by atoms with Gasteiger partial charge in [0.2, 0.25) is 0 Å². The largest absolute Gasteiger partial charge is 0.389 e. The fourth-order valence-corrected chi connectivity index (χ4v) is 1.85. The average Bonchev–Trinajstić information content (AvgIpc) is 2.38. The summed E-state index contributed by atoms with van der Waals surface area (Å²) in [6.45, 7) is 2.80. The van der Waals surface area contributed by atoms with Gasteiger partial charge in [-0.05, 0) is 24.1 Å². The highest BCUT2D eigenvalue weighted by Gasteiger charge is 2.09. The zero-order valence-electron chi connectivity index (χ0n) is 11.3. The molecule has 2 atom stereocenters. The van der Waals surface area contributed by atoms with E-state index in [0.717, 1.165) is 11.3 Å². The van der Waals surface area contributed by atoms with E-state index in [1.54, 1.807) is 7.11 Å². The monoisotopic (exact) mass is 253 g/mol. The Morgan fingerprint density at radius 3 is 2.33 bits per heavy atom. The number of hydrogen-bond acceptors (Lipinski definition) is 4. The van der Waals surface area contributed by atoms with E-state index >= 15 is 0 Å². The van der Waals surface area contributed by atoms with Crippen LogP contribution in [0.2, 0.25) is 0 Å². The number of anilines is 1. The summed E-state index contributed by atoms with van der Waals surface area (Å²) in [4.78, 5) is 1.96. The lowest BCUT2D eigenvalue weighted by atomic mass is 10.1. The molecular formula is C14H23NO3. The molecule has 1 aromatic rings. The fourth-order valence-electron chi connectivity index (χ4n) is 1.85. The lowest BCUT2D eigenvalue weighted by Gasteiger charge is -2.23. The Kier molecular flexibility index (Phi) is 6.12. The van der Waals surface area contributed by atoms with Gasteiger partial charge in [0, 0.05) is 26.4 Å². The molecule has 102 valence electrons. The Morgan fingerprint density at radius 1 is 1.22 bits per heavy atom. The second-order valence-corrected chi connectivity index (χ2v) is 4.51. The molecule has 0 heterocycles. The van der Waals surface area contributed by atoms with E-state index in [1.165, 1.54) is 0 Å². The third kappa shape index (κ3) is 4.29. The number of aliphatic hydroxyl groups is 2. The molecule has 0 radical (unpaired) electrons. The van der Waals surface area contributed by atoms with Crippen molar-refractivity contribution in [2.45, 2.75) is 25.6 Å². The predicted octanol–water partition coefficient (Wildman–Crippen LogP) is 1.57. The number of rotatable bonds is 7. The van der Waals surface area contributed by atoms with Crippen molar-refractivity contribution in [2.24, 2.45) is 0 Å².